The molecule has 1 aliphatic carbocycles. The van der Waals surface area contributed by atoms with Gasteiger partial charge in [-0.25, -0.2) is 0 Å². The average molecular weight is 249 g/mol. The van der Waals surface area contributed by atoms with E-state index in [4.69, 9.17) is 9.47 Å². The zero-order chi connectivity index (χ0) is 13.0. The maximum atomic E-state index is 11.8. The smallest absolute Gasteiger partial charge is 0.223 e. The predicted molar refractivity (Wildman–Crippen MR) is 68.7 cm³/mol. The van der Waals surface area contributed by atoms with Gasteiger partial charge >= 0.3 is 0 Å². The second-order valence-corrected chi connectivity index (χ2v) is 4.51. The number of hydrogen-bond acceptors (Lipinski definition) is 3. The van der Waals surface area contributed by atoms with Crippen molar-refractivity contribution in [3.05, 3.63) is 29.8 Å². The largest absolute Gasteiger partial charge is 0.497 e. The second-order valence-electron chi connectivity index (χ2n) is 4.51. The fourth-order valence-electron chi connectivity index (χ4n) is 2.11. The van der Waals surface area contributed by atoms with E-state index in [1.807, 2.05) is 24.3 Å². The van der Waals surface area contributed by atoms with Gasteiger partial charge in [0, 0.05) is 19.6 Å². The highest BCUT2D eigenvalue weighted by Gasteiger charge is 2.43. The molecule has 1 N–H and O–H groups in total. The Hall–Kier alpha value is -1.55. The number of nitrogens with one attached hydrogen (secondary N) is 1. The van der Waals surface area contributed by atoms with Crippen molar-refractivity contribution in [1.29, 1.82) is 0 Å². The van der Waals surface area contributed by atoms with Gasteiger partial charge < -0.3 is 14.8 Å². The monoisotopic (exact) mass is 249 g/mol. The highest BCUT2D eigenvalue weighted by Crippen LogP contribution is 2.47. The molecule has 1 aromatic rings. The lowest BCUT2D eigenvalue weighted by molar-refractivity contribution is -0.122. The van der Waals surface area contributed by atoms with Gasteiger partial charge in [0.05, 0.1) is 13.7 Å². The van der Waals surface area contributed by atoms with Crippen molar-refractivity contribution in [3.8, 4) is 5.75 Å². The Kier molecular flexibility index (Phi) is 4.20. The fourth-order valence-corrected chi connectivity index (χ4v) is 2.11. The van der Waals surface area contributed by atoms with Crippen LogP contribution in [0.25, 0.3) is 0 Å². The van der Waals surface area contributed by atoms with Crippen LogP contribution in [-0.4, -0.2) is 33.3 Å². The second kappa shape index (κ2) is 5.87. The molecular weight excluding hydrogens is 230 g/mol. The van der Waals surface area contributed by atoms with Crippen molar-refractivity contribution in [2.24, 2.45) is 5.92 Å². The molecule has 1 aromatic carbocycles. The molecule has 4 heteroatoms. The lowest BCUT2D eigenvalue weighted by Crippen LogP contribution is -2.28. The number of hydrogen-bond donors (Lipinski definition) is 1. The third-order valence-corrected chi connectivity index (χ3v) is 3.28. The van der Waals surface area contributed by atoms with E-state index in [1.165, 1.54) is 5.56 Å². The van der Waals surface area contributed by atoms with E-state index in [0.717, 1.165) is 12.2 Å². The van der Waals surface area contributed by atoms with Crippen molar-refractivity contribution < 1.29 is 14.3 Å². The molecule has 2 unspecified atom stereocenters. The molecule has 0 heterocycles. The van der Waals surface area contributed by atoms with Crippen molar-refractivity contribution in [1.82, 2.24) is 5.32 Å². The van der Waals surface area contributed by atoms with Crippen LogP contribution in [0.4, 0.5) is 0 Å². The minimum atomic E-state index is 0.121. The van der Waals surface area contributed by atoms with Crippen LogP contribution in [0.3, 0.4) is 0 Å². The Morgan fingerprint density at radius 1 is 1.33 bits per heavy atom. The van der Waals surface area contributed by atoms with E-state index >= 15 is 0 Å². The molecule has 0 spiro atoms. The van der Waals surface area contributed by atoms with Crippen LogP contribution in [0.5, 0.6) is 5.75 Å². The van der Waals surface area contributed by atoms with Crippen molar-refractivity contribution >= 4 is 5.91 Å². The van der Waals surface area contributed by atoms with Gasteiger partial charge in [-0.15, -0.1) is 0 Å². The molecule has 1 fully saturated rings. The van der Waals surface area contributed by atoms with E-state index in [9.17, 15) is 4.79 Å². The Bertz CT molecular complexity index is 402. The number of rotatable bonds is 6. The van der Waals surface area contributed by atoms with Crippen LogP contribution in [0.15, 0.2) is 24.3 Å². The van der Waals surface area contributed by atoms with E-state index < -0.39 is 0 Å². The molecule has 0 radical (unpaired) electrons. The third kappa shape index (κ3) is 3.01. The van der Waals surface area contributed by atoms with Gasteiger partial charge in [0.2, 0.25) is 5.91 Å². The summed E-state index contributed by atoms with van der Waals surface area (Å²) in [6.07, 6.45) is 0.936. The minimum Gasteiger partial charge on any atom is -0.497 e. The van der Waals surface area contributed by atoms with Gasteiger partial charge in [-0.3, -0.25) is 4.79 Å². The summed E-state index contributed by atoms with van der Waals surface area (Å²) in [6, 6.07) is 7.94. The summed E-state index contributed by atoms with van der Waals surface area (Å²) in [5, 5.41) is 2.88. The Morgan fingerprint density at radius 2 is 2.06 bits per heavy atom. The van der Waals surface area contributed by atoms with Gasteiger partial charge in [0.15, 0.2) is 0 Å². The van der Waals surface area contributed by atoms with Crippen LogP contribution in [0, 0.1) is 5.92 Å². The first-order valence-electron chi connectivity index (χ1n) is 6.17. The van der Waals surface area contributed by atoms with Gasteiger partial charge in [-0.05, 0) is 30.0 Å². The molecule has 1 saturated carbocycles. The molecule has 0 saturated heterocycles. The van der Waals surface area contributed by atoms with Crippen LogP contribution < -0.4 is 10.1 Å². The van der Waals surface area contributed by atoms with Gasteiger partial charge in [0.1, 0.15) is 5.75 Å². The Morgan fingerprint density at radius 3 is 2.67 bits per heavy atom. The maximum absolute atomic E-state index is 11.8. The zero-order valence-electron chi connectivity index (χ0n) is 10.8. The summed E-state index contributed by atoms with van der Waals surface area (Å²) in [5.41, 5.74) is 1.21. The number of ether oxygens (including phenoxy) is 2. The van der Waals surface area contributed by atoms with Crippen LogP contribution in [-0.2, 0) is 9.53 Å². The topological polar surface area (TPSA) is 47.6 Å². The average Bonchev–Trinajstić information content (AvgIpc) is 3.19. The first kappa shape index (κ1) is 12.9. The third-order valence-electron chi connectivity index (χ3n) is 3.28. The molecule has 2 rings (SSSR count). The Labute approximate surface area is 107 Å². The standard InChI is InChI=1S/C14H19NO3/c1-17-8-7-15-14(16)13-9-12(13)10-3-5-11(18-2)6-4-10/h3-6,12-13H,7-9H2,1-2H3,(H,15,16). The number of amides is 1. The lowest BCUT2D eigenvalue weighted by atomic mass is 10.1. The molecule has 1 aliphatic rings. The molecule has 18 heavy (non-hydrogen) atoms. The minimum absolute atomic E-state index is 0.121. The number of carbonyl (C=O) groups is 1. The summed E-state index contributed by atoms with van der Waals surface area (Å²) in [4.78, 5) is 11.8. The predicted octanol–water partition coefficient (Wildman–Crippen LogP) is 1.56. The summed E-state index contributed by atoms with van der Waals surface area (Å²) < 4.78 is 10.0. The Balaban J connectivity index is 1.84. The fraction of sp³-hybridized carbons (Fsp3) is 0.500. The molecular formula is C14H19NO3. The lowest BCUT2D eigenvalue weighted by Gasteiger charge is -2.05. The van der Waals surface area contributed by atoms with Crippen LogP contribution in [0.2, 0.25) is 0 Å². The molecule has 2 atom stereocenters. The zero-order valence-corrected chi connectivity index (χ0v) is 10.8. The first-order valence-corrected chi connectivity index (χ1v) is 6.17. The van der Waals surface area contributed by atoms with E-state index in [0.29, 0.717) is 19.1 Å². The molecule has 1 amide bonds. The summed E-state index contributed by atoms with van der Waals surface area (Å²) in [6.45, 7) is 1.15. The SMILES string of the molecule is COCCNC(=O)C1CC1c1ccc(OC)cc1. The normalized spacial score (nSPS) is 21.4. The van der Waals surface area contributed by atoms with E-state index in [-0.39, 0.29) is 11.8 Å². The van der Waals surface area contributed by atoms with Gasteiger partial charge in [0.25, 0.3) is 0 Å². The molecule has 0 bridgehead atoms. The first-order chi connectivity index (χ1) is 8.76. The quantitative estimate of drug-likeness (QED) is 0.778. The molecule has 4 nitrogen and oxygen atoms in total. The van der Waals surface area contributed by atoms with Crippen LogP contribution in [0.1, 0.15) is 17.9 Å². The molecule has 0 aromatic heterocycles. The number of methoxy groups -OCH3 is 2. The van der Waals surface area contributed by atoms with Crippen molar-refractivity contribution in [2.45, 2.75) is 12.3 Å². The summed E-state index contributed by atoms with van der Waals surface area (Å²) >= 11 is 0. The maximum Gasteiger partial charge on any atom is 0.223 e. The van der Waals surface area contributed by atoms with Crippen LogP contribution >= 0.6 is 0 Å². The van der Waals surface area contributed by atoms with Gasteiger partial charge in [-0.2, -0.15) is 0 Å². The van der Waals surface area contributed by atoms with E-state index in [1.54, 1.807) is 14.2 Å². The highest BCUT2D eigenvalue weighted by molar-refractivity contribution is 5.82. The van der Waals surface area contributed by atoms with E-state index in [2.05, 4.69) is 5.32 Å². The van der Waals surface area contributed by atoms with Crippen molar-refractivity contribution in [3.63, 3.8) is 0 Å². The highest BCUT2D eigenvalue weighted by atomic mass is 16.5. The van der Waals surface area contributed by atoms with Gasteiger partial charge in [-0.1, -0.05) is 12.1 Å². The molecule has 0 aliphatic heterocycles. The molecule has 98 valence electrons. The number of benzene rings is 1. The number of carbonyl (C=O) groups excluding carboxylic acids is 1. The summed E-state index contributed by atoms with van der Waals surface area (Å²) in [5.74, 6) is 1.46. The summed E-state index contributed by atoms with van der Waals surface area (Å²) in [7, 11) is 3.28. The van der Waals surface area contributed by atoms with Crippen molar-refractivity contribution in [2.75, 3.05) is 27.4 Å².